The summed E-state index contributed by atoms with van der Waals surface area (Å²) in [5, 5.41) is 7.37. The van der Waals surface area contributed by atoms with E-state index >= 15 is 0 Å². The Labute approximate surface area is 134 Å². The molecule has 116 valence electrons. The zero-order valence-corrected chi connectivity index (χ0v) is 13.0. The van der Waals surface area contributed by atoms with Crippen molar-refractivity contribution in [3.63, 3.8) is 0 Å². The SMILES string of the molecule is O=C(NCc1nc(-c2ccccc2Cl)no1)C1CCCCC1. The molecule has 1 aliphatic carbocycles. The molecule has 0 unspecified atom stereocenters. The first-order valence-corrected chi connectivity index (χ1v) is 7.97. The van der Waals surface area contributed by atoms with E-state index in [2.05, 4.69) is 15.5 Å². The number of benzene rings is 1. The number of nitrogens with zero attached hydrogens (tertiary/aromatic N) is 2. The molecule has 0 aliphatic heterocycles. The molecule has 1 heterocycles. The van der Waals surface area contributed by atoms with Crippen molar-refractivity contribution in [2.45, 2.75) is 38.6 Å². The van der Waals surface area contributed by atoms with Crippen LogP contribution in [0, 0.1) is 5.92 Å². The normalized spacial score (nSPS) is 15.7. The highest BCUT2D eigenvalue weighted by atomic mass is 35.5. The summed E-state index contributed by atoms with van der Waals surface area (Å²) in [6.07, 6.45) is 5.44. The van der Waals surface area contributed by atoms with Gasteiger partial charge in [-0.15, -0.1) is 0 Å². The predicted molar refractivity (Wildman–Crippen MR) is 83.2 cm³/mol. The van der Waals surface area contributed by atoms with Crippen LogP contribution >= 0.6 is 11.6 Å². The van der Waals surface area contributed by atoms with Gasteiger partial charge in [-0.3, -0.25) is 4.79 Å². The van der Waals surface area contributed by atoms with Crippen molar-refractivity contribution in [3.8, 4) is 11.4 Å². The maximum absolute atomic E-state index is 12.1. The molecule has 22 heavy (non-hydrogen) atoms. The van der Waals surface area contributed by atoms with Crippen molar-refractivity contribution in [1.82, 2.24) is 15.5 Å². The molecule has 1 fully saturated rings. The van der Waals surface area contributed by atoms with Crippen LogP contribution in [0.4, 0.5) is 0 Å². The van der Waals surface area contributed by atoms with Crippen LogP contribution in [0.3, 0.4) is 0 Å². The van der Waals surface area contributed by atoms with Gasteiger partial charge in [-0.2, -0.15) is 4.98 Å². The summed E-state index contributed by atoms with van der Waals surface area (Å²) in [5.74, 6) is 1.03. The van der Waals surface area contributed by atoms with Gasteiger partial charge in [-0.1, -0.05) is 48.2 Å². The molecule has 0 saturated heterocycles. The fourth-order valence-electron chi connectivity index (χ4n) is 2.75. The monoisotopic (exact) mass is 319 g/mol. The topological polar surface area (TPSA) is 68.0 Å². The first-order valence-electron chi connectivity index (χ1n) is 7.59. The lowest BCUT2D eigenvalue weighted by atomic mass is 9.89. The molecular weight excluding hydrogens is 302 g/mol. The van der Waals surface area contributed by atoms with Crippen LogP contribution in [-0.2, 0) is 11.3 Å². The van der Waals surface area contributed by atoms with Crippen LogP contribution in [0.25, 0.3) is 11.4 Å². The van der Waals surface area contributed by atoms with Crippen molar-refractivity contribution in [2.75, 3.05) is 0 Å². The molecule has 1 aromatic heterocycles. The molecule has 1 aromatic carbocycles. The van der Waals surface area contributed by atoms with Gasteiger partial charge in [-0.05, 0) is 25.0 Å². The average molecular weight is 320 g/mol. The second-order valence-corrected chi connectivity index (χ2v) is 5.95. The summed E-state index contributed by atoms with van der Waals surface area (Å²) in [5.41, 5.74) is 0.720. The van der Waals surface area contributed by atoms with Gasteiger partial charge in [0.2, 0.25) is 17.6 Å². The number of nitrogens with one attached hydrogen (secondary N) is 1. The van der Waals surface area contributed by atoms with Crippen LogP contribution in [-0.4, -0.2) is 16.0 Å². The molecule has 2 aromatic rings. The molecule has 6 heteroatoms. The van der Waals surface area contributed by atoms with E-state index in [1.54, 1.807) is 6.07 Å². The Kier molecular flexibility index (Phi) is 4.73. The summed E-state index contributed by atoms with van der Waals surface area (Å²) in [4.78, 5) is 16.4. The first-order chi connectivity index (χ1) is 10.7. The molecule has 1 aliphatic rings. The highest BCUT2D eigenvalue weighted by Gasteiger charge is 2.21. The highest BCUT2D eigenvalue weighted by molar-refractivity contribution is 6.33. The Morgan fingerprint density at radius 2 is 2.05 bits per heavy atom. The fraction of sp³-hybridized carbons (Fsp3) is 0.438. The minimum Gasteiger partial charge on any atom is -0.347 e. The van der Waals surface area contributed by atoms with Crippen LogP contribution in [0.5, 0.6) is 0 Å². The number of rotatable bonds is 4. The first kappa shape index (κ1) is 15.0. The Bertz CT molecular complexity index is 650. The minimum absolute atomic E-state index is 0.0807. The van der Waals surface area contributed by atoms with Crippen molar-refractivity contribution >= 4 is 17.5 Å². The average Bonchev–Trinajstić information content (AvgIpc) is 3.02. The van der Waals surface area contributed by atoms with E-state index < -0.39 is 0 Å². The van der Waals surface area contributed by atoms with Gasteiger partial charge in [-0.25, -0.2) is 0 Å². The molecule has 0 bridgehead atoms. The fourth-order valence-corrected chi connectivity index (χ4v) is 2.97. The summed E-state index contributed by atoms with van der Waals surface area (Å²) >= 11 is 6.11. The highest BCUT2D eigenvalue weighted by Crippen LogP contribution is 2.25. The smallest absolute Gasteiger partial charge is 0.246 e. The number of carbonyl (C=O) groups is 1. The van der Waals surface area contributed by atoms with E-state index in [0.717, 1.165) is 31.2 Å². The van der Waals surface area contributed by atoms with E-state index in [1.165, 1.54) is 6.42 Å². The van der Waals surface area contributed by atoms with Crippen LogP contribution in [0.1, 0.15) is 38.0 Å². The van der Waals surface area contributed by atoms with E-state index in [-0.39, 0.29) is 18.4 Å². The Morgan fingerprint density at radius 3 is 2.82 bits per heavy atom. The maximum Gasteiger partial charge on any atom is 0.246 e. The second-order valence-electron chi connectivity index (χ2n) is 5.54. The van der Waals surface area contributed by atoms with Gasteiger partial charge in [0.25, 0.3) is 0 Å². The summed E-state index contributed by atoms with van der Waals surface area (Å²) in [7, 11) is 0. The van der Waals surface area contributed by atoms with E-state index in [0.29, 0.717) is 16.7 Å². The number of aromatic nitrogens is 2. The van der Waals surface area contributed by atoms with E-state index in [4.69, 9.17) is 16.1 Å². The molecule has 5 nitrogen and oxygen atoms in total. The molecule has 0 spiro atoms. The Balaban J connectivity index is 1.60. The molecular formula is C16H18ClN3O2. The van der Waals surface area contributed by atoms with Gasteiger partial charge >= 0.3 is 0 Å². The second kappa shape index (κ2) is 6.92. The largest absolute Gasteiger partial charge is 0.347 e. The third kappa shape index (κ3) is 3.47. The summed E-state index contributed by atoms with van der Waals surface area (Å²) in [6.45, 7) is 0.257. The molecule has 0 atom stereocenters. The number of amides is 1. The summed E-state index contributed by atoms with van der Waals surface area (Å²) < 4.78 is 5.18. The third-order valence-corrected chi connectivity index (χ3v) is 4.30. The molecule has 1 amide bonds. The van der Waals surface area contributed by atoms with Crippen LogP contribution < -0.4 is 5.32 Å². The Morgan fingerprint density at radius 1 is 1.27 bits per heavy atom. The lowest BCUT2D eigenvalue weighted by Gasteiger charge is -2.20. The molecule has 1 N–H and O–H groups in total. The lowest BCUT2D eigenvalue weighted by Crippen LogP contribution is -2.31. The van der Waals surface area contributed by atoms with E-state index in [9.17, 15) is 4.79 Å². The zero-order valence-electron chi connectivity index (χ0n) is 12.2. The third-order valence-electron chi connectivity index (χ3n) is 3.97. The van der Waals surface area contributed by atoms with E-state index in [1.807, 2.05) is 18.2 Å². The van der Waals surface area contributed by atoms with Gasteiger partial charge in [0, 0.05) is 11.5 Å². The van der Waals surface area contributed by atoms with Gasteiger partial charge < -0.3 is 9.84 Å². The van der Waals surface area contributed by atoms with Crippen molar-refractivity contribution < 1.29 is 9.32 Å². The quantitative estimate of drug-likeness (QED) is 0.935. The number of carbonyl (C=O) groups excluding carboxylic acids is 1. The number of halogens is 1. The maximum atomic E-state index is 12.1. The number of hydrogen-bond acceptors (Lipinski definition) is 4. The Hall–Kier alpha value is -1.88. The minimum atomic E-state index is 0.0807. The van der Waals surface area contributed by atoms with Gasteiger partial charge in [0.05, 0.1) is 11.6 Å². The van der Waals surface area contributed by atoms with Crippen molar-refractivity contribution in [3.05, 3.63) is 35.2 Å². The molecule has 1 saturated carbocycles. The van der Waals surface area contributed by atoms with Crippen molar-refractivity contribution in [2.24, 2.45) is 5.92 Å². The standard InChI is InChI=1S/C16H18ClN3O2/c17-13-9-5-4-8-12(13)15-19-14(22-20-15)10-18-16(21)11-6-2-1-3-7-11/h4-5,8-9,11H,1-3,6-7,10H2,(H,18,21). The van der Waals surface area contributed by atoms with Gasteiger partial charge in [0.1, 0.15) is 0 Å². The molecule has 0 radical (unpaired) electrons. The zero-order chi connectivity index (χ0) is 15.4. The lowest BCUT2D eigenvalue weighted by molar-refractivity contribution is -0.126. The summed E-state index contributed by atoms with van der Waals surface area (Å²) in [6, 6.07) is 7.31. The van der Waals surface area contributed by atoms with Gasteiger partial charge in [0.15, 0.2) is 0 Å². The van der Waals surface area contributed by atoms with Crippen LogP contribution in [0.15, 0.2) is 28.8 Å². The predicted octanol–water partition coefficient (Wildman–Crippen LogP) is 3.59. The van der Waals surface area contributed by atoms with Crippen molar-refractivity contribution in [1.29, 1.82) is 0 Å². The number of hydrogen-bond donors (Lipinski definition) is 1. The van der Waals surface area contributed by atoms with Crippen LogP contribution in [0.2, 0.25) is 5.02 Å². The molecule has 3 rings (SSSR count).